The van der Waals surface area contributed by atoms with Crippen LogP contribution in [0.15, 0.2) is 60.0 Å². The zero-order valence-corrected chi connectivity index (χ0v) is 13.7. The highest BCUT2D eigenvalue weighted by Crippen LogP contribution is 2.18. The van der Waals surface area contributed by atoms with Crippen LogP contribution < -0.4 is 10.1 Å². The number of hydrogen-bond donors (Lipinski definition) is 1. The topological polar surface area (TPSA) is 68.3 Å². The van der Waals surface area contributed by atoms with E-state index in [2.05, 4.69) is 10.3 Å². The van der Waals surface area contributed by atoms with Crippen LogP contribution >= 0.6 is 11.3 Å². The highest BCUT2D eigenvalue weighted by Gasteiger charge is 2.11. The Hall–Kier alpha value is -2.99. The number of thiophene rings is 1. The number of carbonyl (C=O) groups excluding carboxylic acids is 2. The molecule has 0 aliphatic rings. The number of ether oxygens (including phenoxy) is 1. The summed E-state index contributed by atoms with van der Waals surface area (Å²) in [6, 6.07) is 15.3. The van der Waals surface area contributed by atoms with Crippen molar-refractivity contribution in [3.8, 4) is 5.75 Å². The number of anilines is 1. The highest BCUT2D eigenvalue weighted by atomic mass is 32.1. The number of hydrogen-bond acceptors (Lipinski definition) is 5. The molecule has 5 nitrogen and oxygen atoms in total. The number of pyridine rings is 1. The second kappa shape index (κ2) is 7.06. The monoisotopic (exact) mass is 338 g/mol. The van der Waals surface area contributed by atoms with Crippen LogP contribution in [0, 0.1) is 6.92 Å². The minimum Gasteiger partial charge on any atom is -0.422 e. The zero-order valence-electron chi connectivity index (χ0n) is 12.9. The third-order valence-corrected chi connectivity index (χ3v) is 4.03. The van der Waals surface area contributed by atoms with E-state index < -0.39 is 5.97 Å². The average molecular weight is 338 g/mol. The van der Waals surface area contributed by atoms with Crippen molar-refractivity contribution in [3.63, 3.8) is 0 Å². The Balaban J connectivity index is 1.64. The van der Waals surface area contributed by atoms with Crippen LogP contribution in [0.25, 0.3) is 0 Å². The molecule has 3 aromatic rings. The van der Waals surface area contributed by atoms with Gasteiger partial charge in [-0.05, 0) is 54.8 Å². The van der Waals surface area contributed by atoms with E-state index in [4.69, 9.17) is 4.74 Å². The molecule has 1 aromatic carbocycles. The van der Waals surface area contributed by atoms with Gasteiger partial charge >= 0.3 is 5.97 Å². The molecular formula is C18H14N2O3S. The Morgan fingerprint density at radius 3 is 2.50 bits per heavy atom. The van der Waals surface area contributed by atoms with Crippen molar-refractivity contribution in [2.75, 3.05) is 5.32 Å². The van der Waals surface area contributed by atoms with Gasteiger partial charge in [-0.2, -0.15) is 0 Å². The van der Waals surface area contributed by atoms with Gasteiger partial charge < -0.3 is 10.1 Å². The maximum absolute atomic E-state index is 12.0. The van der Waals surface area contributed by atoms with Crippen LogP contribution in [0.4, 0.5) is 5.69 Å². The predicted molar refractivity (Wildman–Crippen MR) is 92.6 cm³/mol. The summed E-state index contributed by atoms with van der Waals surface area (Å²) in [6.07, 6.45) is 0. The fraction of sp³-hybridized carbons (Fsp3) is 0.0556. The molecule has 0 aliphatic heterocycles. The summed E-state index contributed by atoms with van der Waals surface area (Å²) < 4.78 is 5.28. The molecule has 2 aromatic heterocycles. The van der Waals surface area contributed by atoms with E-state index in [0.29, 0.717) is 16.3 Å². The van der Waals surface area contributed by atoms with Gasteiger partial charge in [-0.25, -0.2) is 9.78 Å². The lowest BCUT2D eigenvalue weighted by molar-refractivity contribution is 0.0728. The minimum absolute atomic E-state index is 0.168. The van der Waals surface area contributed by atoms with E-state index in [0.717, 1.165) is 5.69 Å². The van der Waals surface area contributed by atoms with Gasteiger partial charge in [-0.1, -0.05) is 12.1 Å². The van der Waals surface area contributed by atoms with Crippen LogP contribution in [0.2, 0.25) is 0 Å². The first kappa shape index (κ1) is 15.9. The molecule has 3 rings (SSSR count). The molecule has 0 saturated carbocycles. The van der Waals surface area contributed by atoms with Crippen molar-refractivity contribution < 1.29 is 14.3 Å². The number of amides is 1. The Labute approximate surface area is 142 Å². The molecule has 0 unspecified atom stereocenters. The van der Waals surface area contributed by atoms with Crippen molar-refractivity contribution in [1.29, 1.82) is 0 Å². The number of esters is 1. The molecule has 1 N–H and O–H groups in total. The summed E-state index contributed by atoms with van der Waals surface area (Å²) in [6.45, 7) is 1.81. The van der Waals surface area contributed by atoms with Crippen molar-refractivity contribution in [2.24, 2.45) is 0 Å². The number of aromatic nitrogens is 1. The maximum atomic E-state index is 12.0. The van der Waals surface area contributed by atoms with Gasteiger partial charge in [0, 0.05) is 11.4 Å². The van der Waals surface area contributed by atoms with Gasteiger partial charge in [0.1, 0.15) is 11.4 Å². The van der Waals surface area contributed by atoms with Gasteiger partial charge in [0.2, 0.25) is 0 Å². The van der Waals surface area contributed by atoms with E-state index >= 15 is 0 Å². The van der Waals surface area contributed by atoms with Gasteiger partial charge in [-0.3, -0.25) is 4.79 Å². The number of rotatable bonds is 4. The number of carbonyl (C=O) groups is 2. The number of benzene rings is 1. The van der Waals surface area contributed by atoms with E-state index in [-0.39, 0.29) is 11.6 Å². The lowest BCUT2D eigenvalue weighted by atomic mass is 10.3. The third kappa shape index (κ3) is 3.85. The van der Waals surface area contributed by atoms with Crippen molar-refractivity contribution >= 4 is 28.9 Å². The molecule has 0 atom stereocenters. The third-order valence-electron chi connectivity index (χ3n) is 3.17. The standard InChI is InChI=1S/C18H14N2O3S/c1-12-4-2-5-15(19-12)18(22)23-14-9-7-13(8-10-14)20-17(21)16-6-3-11-24-16/h2-11H,1H3,(H,20,21). The maximum Gasteiger partial charge on any atom is 0.362 e. The number of nitrogens with zero attached hydrogens (tertiary/aromatic N) is 1. The Morgan fingerprint density at radius 1 is 1.04 bits per heavy atom. The van der Waals surface area contributed by atoms with Gasteiger partial charge in [0.25, 0.3) is 5.91 Å². The smallest absolute Gasteiger partial charge is 0.362 e. The first-order valence-electron chi connectivity index (χ1n) is 7.22. The molecular weight excluding hydrogens is 324 g/mol. The SMILES string of the molecule is Cc1cccc(C(=O)Oc2ccc(NC(=O)c3cccs3)cc2)n1. The molecule has 0 bridgehead atoms. The molecule has 0 fully saturated rings. The van der Waals surface area contributed by atoms with Crippen LogP contribution in [-0.2, 0) is 0 Å². The first-order valence-corrected chi connectivity index (χ1v) is 8.10. The summed E-state index contributed by atoms with van der Waals surface area (Å²) in [5.74, 6) is -0.301. The van der Waals surface area contributed by atoms with E-state index in [1.165, 1.54) is 11.3 Å². The van der Waals surface area contributed by atoms with Gasteiger partial charge in [0.15, 0.2) is 0 Å². The van der Waals surface area contributed by atoms with E-state index in [9.17, 15) is 9.59 Å². The fourth-order valence-electron chi connectivity index (χ4n) is 2.02. The second-order valence-corrected chi connectivity index (χ2v) is 5.96. The summed E-state index contributed by atoms with van der Waals surface area (Å²) in [5, 5.41) is 4.63. The van der Waals surface area contributed by atoms with Crippen molar-refractivity contribution in [1.82, 2.24) is 4.98 Å². The summed E-state index contributed by atoms with van der Waals surface area (Å²) >= 11 is 1.37. The molecule has 0 spiro atoms. The number of aryl methyl sites for hydroxylation is 1. The molecule has 2 heterocycles. The molecule has 6 heteroatoms. The van der Waals surface area contributed by atoms with Crippen LogP contribution in [0.3, 0.4) is 0 Å². The van der Waals surface area contributed by atoms with Crippen molar-refractivity contribution in [3.05, 3.63) is 76.2 Å². The molecule has 0 saturated heterocycles. The Kier molecular flexibility index (Phi) is 4.67. The van der Waals surface area contributed by atoms with Gasteiger partial charge in [0.05, 0.1) is 4.88 Å². The van der Waals surface area contributed by atoms with Crippen molar-refractivity contribution in [2.45, 2.75) is 6.92 Å². The molecule has 0 aliphatic carbocycles. The quantitative estimate of drug-likeness (QED) is 0.578. The summed E-state index contributed by atoms with van der Waals surface area (Å²) in [7, 11) is 0. The summed E-state index contributed by atoms with van der Waals surface area (Å²) in [4.78, 5) is 28.8. The average Bonchev–Trinajstić information content (AvgIpc) is 3.11. The van der Waals surface area contributed by atoms with Gasteiger partial charge in [-0.15, -0.1) is 11.3 Å². The Bertz CT molecular complexity index is 858. The van der Waals surface area contributed by atoms with Crippen LogP contribution in [0.5, 0.6) is 5.75 Å². The second-order valence-electron chi connectivity index (χ2n) is 5.01. The molecule has 24 heavy (non-hydrogen) atoms. The summed E-state index contributed by atoms with van der Waals surface area (Å²) in [5.41, 5.74) is 1.63. The van der Waals surface area contributed by atoms with Crippen LogP contribution in [-0.4, -0.2) is 16.9 Å². The molecule has 0 radical (unpaired) electrons. The lowest BCUT2D eigenvalue weighted by Gasteiger charge is -2.07. The first-order chi connectivity index (χ1) is 11.6. The fourth-order valence-corrected chi connectivity index (χ4v) is 2.64. The van der Waals surface area contributed by atoms with Crippen LogP contribution in [0.1, 0.15) is 25.9 Å². The minimum atomic E-state index is -0.519. The predicted octanol–water partition coefficient (Wildman–Crippen LogP) is 3.92. The van der Waals surface area contributed by atoms with E-state index in [1.54, 1.807) is 42.5 Å². The number of nitrogens with one attached hydrogen (secondary N) is 1. The lowest BCUT2D eigenvalue weighted by Crippen LogP contribution is -2.12. The molecule has 120 valence electrons. The highest BCUT2D eigenvalue weighted by molar-refractivity contribution is 7.12. The zero-order chi connectivity index (χ0) is 16.9. The molecule has 1 amide bonds. The van der Waals surface area contributed by atoms with E-state index in [1.807, 2.05) is 24.4 Å². The Morgan fingerprint density at radius 2 is 1.83 bits per heavy atom. The largest absolute Gasteiger partial charge is 0.422 e. The normalized spacial score (nSPS) is 10.2.